The Labute approximate surface area is 779 Å². The maximum absolute atomic E-state index is 6.16. The topological polar surface area (TPSA) is 301 Å². The summed E-state index contributed by atoms with van der Waals surface area (Å²) in [5, 5.41) is 23.7. The van der Waals surface area contributed by atoms with Crippen molar-refractivity contribution in [3.05, 3.63) is 268 Å². The summed E-state index contributed by atoms with van der Waals surface area (Å²) in [5.41, 5.74) is 49.8. The highest BCUT2D eigenvalue weighted by Crippen LogP contribution is 2.45. The lowest BCUT2D eigenvalue weighted by Crippen LogP contribution is -2.32. The minimum atomic E-state index is 0.578. The van der Waals surface area contributed by atoms with E-state index in [4.69, 9.17) is 28.7 Å². The van der Waals surface area contributed by atoms with Crippen LogP contribution in [0.3, 0.4) is 0 Å². The zero-order valence-electron chi connectivity index (χ0n) is 75.6. The van der Waals surface area contributed by atoms with Crippen molar-refractivity contribution in [3.63, 3.8) is 0 Å². The third-order valence-electron chi connectivity index (χ3n) is 27.1. The van der Waals surface area contributed by atoms with Crippen LogP contribution in [0.2, 0.25) is 0 Å². The molecular formula is C105H127N19S5. The largest absolute Gasteiger partial charge is 0.383 e. The van der Waals surface area contributed by atoms with Crippen molar-refractivity contribution < 1.29 is 0 Å². The van der Waals surface area contributed by atoms with Gasteiger partial charge in [0.2, 0.25) is 0 Å². The number of hydrogen-bond donors (Lipinski definition) is 12. The van der Waals surface area contributed by atoms with Crippen molar-refractivity contribution in [2.24, 2.45) is 59.5 Å². The number of rotatable bonds is 22. The lowest BCUT2D eigenvalue weighted by atomic mass is 9.81. The summed E-state index contributed by atoms with van der Waals surface area (Å²) in [7, 11) is 8.77. The molecule has 0 spiro atoms. The van der Waals surface area contributed by atoms with Crippen molar-refractivity contribution in [1.82, 2.24) is 45.4 Å². The van der Waals surface area contributed by atoms with Gasteiger partial charge in [-0.25, -0.2) is 25.0 Å². The fourth-order valence-corrected chi connectivity index (χ4v) is 22.9. The van der Waals surface area contributed by atoms with E-state index in [2.05, 4.69) is 217 Å². The number of aromatic nitrogens is 5. The van der Waals surface area contributed by atoms with Gasteiger partial charge in [0.25, 0.3) is 0 Å². The van der Waals surface area contributed by atoms with E-state index in [-0.39, 0.29) is 0 Å². The van der Waals surface area contributed by atoms with Gasteiger partial charge < -0.3 is 74.0 Å². The first kappa shape index (κ1) is 91.5. The van der Waals surface area contributed by atoms with Crippen molar-refractivity contribution in [1.29, 1.82) is 0 Å². The smallest absolute Gasteiger partial charge is 0.141 e. The van der Waals surface area contributed by atoms with Gasteiger partial charge in [-0.2, -0.15) is 0 Å². The van der Waals surface area contributed by atoms with Crippen molar-refractivity contribution in [3.8, 4) is 0 Å². The first-order valence-corrected chi connectivity index (χ1v) is 50.8. The van der Waals surface area contributed by atoms with E-state index in [1.165, 1.54) is 204 Å². The number of thiophene rings is 5. The third kappa shape index (κ3) is 23.0. The summed E-state index contributed by atoms with van der Waals surface area (Å²) < 4.78 is 0. The highest BCUT2D eigenvalue weighted by Gasteiger charge is 2.30. The Hall–Kier alpha value is -10.8. The van der Waals surface area contributed by atoms with Crippen molar-refractivity contribution >= 4 is 174 Å². The molecule has 10 heterocycles. The van der Waals surface area contributed by atoms with E-state index in [0.717, 1.165) is 95.9 Å². The van der Waals surface area contributed by atoms with Crippen LogP contribution < -0.4 is 39.3 Å². The molecule has 10 aromatic heterocycles. The SMILES string of the molecule is CCC1CC=C(c2c[nH]c3ccc(N=C(N)c4cccs4)cc23)CC1.CCNC1CCC(c2c[nH]c3ccc(N=C(N)c4cccs4)cc23)CC1.CCNC1CCC(c2c[nH]c3ccc(N=C(N)c4cccs4)cc23)CC1.CN(C)C1CCC(c2c[nH]c3ccc(N=C(N)c4cccs4)cc23)CC1.CN(C)C1CCC(c2c[nH]c3ccc(N=C(N)c4cccs4)cc23)CC1. The van der Waals surface area contributed by atoms with E-state index in [1.54, 1.807) is 56.7 Å². The Bertz CT molecular complexity index is 5970. The summed E-state index contributed by atoms with van der Waals surface area (Å²) in [5.74, 6) is 6.30. The maximum atomic E-state index is 6.16. The molecule has 15 aromatic rings. The van der Waals surface area contributed by atoms with Crippen LogP contribution in [0, 0.1) is 5.92 Å². The minimum absolute atomic E-state index is 0.578. The predicted octanol–water partition coefficient (Wildman–Crippen LogP) is 25.4. The number of nitrogens with two attached hydrogens (primary N) is 5. The van der Waals surface area contributed by atoms with E-state index in [1.807, 2.05) is 118 Å². The van der Waals surface area contributed by atoms with Crippen LogP contribution in [-0.2, 0) is 0 Å². The molecule has 4 saturated carbocycles. The highest BCUT2D eigenvalue weighted by atomic mass is 32.1. The Morgan fingerprint density at radius 2 is 0.612 bits per heavy atom. The minimum Gasteiger partial charge on any atom is -0.383 e. The molecule has 4 fully saturated rings. The number of fused-ring (bicyclic) bond motifs is 5. The average molecular weight is 1820 g/mol. The number of aliphatic imine (C=N–C) groups is 5. The fourth-order valence-electron chi connectivity index (χ4n) is 19.8. The van der Waals surface area contributed by atoms with E-state index < -0.39 is 0 Å². The second-order valence-corrected chi connectivity index (χ2v) is 40.4. The highest BCUT2D eigenvalue weighted by molar-refractivity contribution is 7.13. The molecule has 17 N–H and O–H groups in total. The maximum Gasteiger partial charge on any atom is 0.141 e. The number of allylic oxidation sites excluding steroid dienone is 2. The number of nitrogens with one attached hydrogen (secondary N) is 7. The van der Waals surface area contributed by atoms with Crippen LogP contribution in [0.4, 0.5) is 28.4 Å². The second kappa shape index (κ2) is 43.8. The van der Waals surface area contributed by atoms with Gasteiger partial charge in [0.1, 0.15) is 29.2 Å². The van der Waals surface area contributed by atoms with Crippen LogP contribution in [0.25, 0.3) is 60.1 Å². The average Bonchev–Trinajstić information content (AvgIpc) is 1.69. The van der Waals surface area contributed by atoms with E-state index in [0.29, 0.717) is 64.9 Å². The molecule has 1 unspecified atom stereocenters. The molecule has 0 radical (unpaired) electrons. The van der Waals surface area contributed by atoms with E-state index in [9.17, 15) is 0 Å². The molecule has 20 rings (SSSR count). The number of aromatic amines is 5. The molecule has 1 atom stereocenters. The quantitative estimate of drug-likeness (QED) is 0.0226. The van der Waals surface area contributed by atoms with Gasteiger partial charge in [-0.3, -0.25) is 0 Å². The number of nitrogens with zero attached hydrogens (tertiary/aromatic N) is 7. The van der Waals surface area contributed by atoms with Crippen LogP contribution in [0.5, 0.6) is 0 Å². The Morgan fingerprint density at radius 1 is 0.341 bits per heavy atom. The Balaban J connectivity index is 0.000000118. The molecule has 129 heavy (non-hydrogen) atoms. The molecule has 0 amide bonds. The molecule has 5 aromatic carbocycles. The van der Waals surface area contributed by atoms with Crippen LogP contribution in [0.15, 0.2) is 241 Å². The molecule has 19 nitrogen and oxygen atoms in total. The van der Waals surface area contributed by atoms with Crippen LogP contribution in [0.1, 0.15) is 225 Å². The van der Waals surface area contributed by atoms with Crippen molar-refractivity contribution in [2.75, 3.05) is 41.3 Å². The second-order valence-electron chi connectivity index (χ2n) is 35.6. The summed E-state index contributed by atoms with van der Waals surface area (Å²) >= 11 is 8.08. The first-order chi connectivity index (χ1) is 63.0. The molecule has 0 saturated heterocycles. The molecular weight excluding hydrogens is 1690 g/mol. The summed E-state index contributed by atoms with van der Waals surface area (Å²) in [6.45, 7) is 8.80. The monoisotopic (exact) mass is 1810 g/mol. The predicted molar refractivity (Wildman–Crippen MR) is 555 cm³/mol. The summed E-state index contributed by atoms with van der Waals surface area (Å²) in [4.78, 5) is 50.1. The van der Waals surface area contributed by atoms with Crippen LogP contribution >= 0.6 is 56.7 Å². The molecule has 672 valence electrons. The zero-order chi connectivity index (χ0) is 89.3. The van der Waals surface area contributed by atoms with Gasteiger partial charge in [-0.05, 0) is 369 Å². The van der Waals surface area contributed by atoms with Gasteiger partial charge in [0.15, 0.2) is 0 Å². The molecule has 5 aliphatic carbocycles. The summed E-state index contributed by atoms with van der Waals surface area (Å²) in [6.07, 6.45) is 38.4. The van der Waals surface area contributed by atoms with Gasteiger partial charge in [0.05, 0.1) is 52.8 Å². The number of amidine groups is 5. The lowest BCUT2D eigenvalue weighted by Gasteiger charge is -2.32. The number of hydrogen-bond acceptors (Lipinski definition) is 14. The van der Waals surface area contributed by atoms with Gasteiger partial charge in [-0.1, -0.05) is 63.6 Å². The van der Waals surface area contributed by atoms with Gasteiger partial charge in [-0.15, -0.1) is 56.7 Å². The van der Waals surface area contributed by atoms with Gasteiger partial charge >= 0.3 is 0 Å². The zero-order valence-corrected chi connectivity index (χ0v) is 79.7. The normalized spacial score (nSPS) is 20.9. The van der Waals surface area contributed by atoms with Gasteiger partial charge in [0, 0.05) is 115 Å². The third-order valence-corrected chi connectivity index (χ3v) is 31.5. The molecule has 0 aliphatic heterocycles. The molecule has 0 bridgehead atoms. The molecule has 24 heteroatoms. The Morgan fingerprint density at radius 3 is 0.860 bits per heavy atom. The standard InChI is InChI=1S/4C21H26N4S.C21H23N3S/c2*1-25(2)16-8-5-14(6-9-16)18-13-23-19-10-7-15(12-17(18)19)24-21(22)20-4-3-11-26-20;2*1-2-23-15-7-5-14(6-8-15)18-13-24-19-10-9-16(12-17(18)19)25-21(22)20-4-3-11-26-20;1-2-14-5-7-15(8-6-14)18-13-23-19-10-9-16(12-17(18)19)24-21(22)20-4-3-11-25-20/h2*3-4,7,10-14,16,23H,5-6,8-9H2,1-2H3,(H2,22,24);2*3-4,9-15,23-24H,2,5-8H2,1H3,(H2,22,25);3-4,7,9-14,23H,2,5-6,8H2,1H3,(H2,22,24). The fraction of sp³-hybridized carbons (Fsp3) is 0.362. The summed E-state index contributed by atoms with van der Waals surface area (Å²) in [6, 6.07) is 54.4. The first-order valence-electron chi connectivity index (χ1n) is 46.4. The Kier molecular flexibility index (Phi) is 31.1. The lowest BCUT2D eigenvalue weighted by molar-refractivity contribution is 0.217. The molecule has 5 aliphatic rings. The van der Waals surface area contributed by atoms with Crippen LogP contribution in [-0.4, -0.2) is 129 Å². The van der Waals surface area contributed by atoms with E-state index >= 15 is 0 Å². The number of benzene rings is 5. The number of H-pyrrole nitrogens is 5. The van der Waals surface area contributed by atoms with Crippen molar-refractivity contribution in [2.45, 2.75) is 197 Å².